The van der Waals surface area contributed by atoms with Gasteiger partial charge in [0.05, 0.1) is 45.2 Å². The van der Waals surface area contributed by atoms with Gasteiger partial charge in [0.25, 0.3) is 0 Å². The zero-order valence-electron chi connectivity index (χ0n) is 33.7. The van der Waals surface area contributed by atoms with Crippen molar-refractivity contribution in [3.8, 4) is 56.1 Å². The van der Waals surface area contributed by atoms with Gasteiger partial charge in [-0.15, -0.1) is 0 Å². The lowest BCUT2D eigenvalue weighted by Gasteiger charge is -2.27. The predicted octanol–water partition coefficient (Wildman–Crippen LogP) is 15.8. The van der Waals surface area contributed by atoms with E-state index in [1.807, 2.05) is 0 Å². The maximum absolute atomic E-state index is 2.50. The minimum Gasteiger partial charge on any atom is -0.309 e. The summed E-state index contributed by atoms with van der Waals surface area (Å²) in [5, 5.41) is 2.44. The Labute approximate surface area is 360 Å². The van der Waals surface area contributed by atoms with Gasteiger partial charge in [0.2, 0.25) is 0 Å². The molecule has 0 bridgehead atoms. The second-order valence-corrected chi connectivity index (χ2v) is 16.1. The third-order valence-corrected chi connectivity index (χ3v) is 12.8. The van der Waals surface area contributed by atoms with Gasteiger partial charge in [-0.3, -0.25) is 0 Å². The van der Waals surface area contributed by atoms with Gasteiger partial charge in [-0.1, -0.05) is 152 Å². The topological polar surface area (TPSA) is 16.3 Å². The summed E-state index contributed by atoms with van der Waals surface area (Å²) in [4.78, 5) is 4.85. The molecule has 0 aliphatic carbocycles. The molecule has 2 aliphatic heterocycles. The number of hydrogen-bond donors (Lipinski definition) is 0. The van der Waals surface area contributed by atoms with Gasteiger partial charge >= 0.3 is 0 Å². The SMILES string of the molecule is c1ccc(N2c3ccccc3-c3c(n(-c4cccc(-n5c6c(c7ccccc75)-c5ccccc5N(c5ccccc5)c5ccccc5-6)c4)c4ccccc34)-c3ccccc32)cc1. The van der Waals surface area contributed by atoms with Crippen molar-refractivity contribution in [2.45, 2.75) is 0 Å². The summed E-state index contributed by atoms with van der Waals surface area (Å²) in [6.45, 7) is 0. The van der Waals surface area contributed by atoms with Crippen LogP contribution in [0.3, 0.4) is 0 Å². The number of nitrogens with zero attached hydrogens (tertiary/aromatic N) is 4. The van der Waals surface area contributed by atoms with Gasteiger partial charge in [-0.25, -0.2) is 0 Å². The highest BCUT2D eigenvalue weighted by atomic mass is 15.2. The third-order valence-electron chi connectivity index (χ3n) is 12.8. The lowest BCUT2D eigenvalue weighted by molar-refractivity contribution is 1.09. The molecule has 11 aromatic rings. The summed E-state index contributed by atoms with van der Waals surface area (Å²) in [6, 6.07) is 84.1. The van der Waals surface area contributed by atoms with Gasteiger partial charge in [0.15, 0.2) is 0 Å². The molecule has 4 nitrogen and oxygen atoms in total. The van der Waals surface area contributed by atoms with Gasteiger partial charge in [0, 0.05) is 66.9 Å². The minimum absolute atomic E-state index is 1.10. The fourth-order valence-electron chi connectivity index (χ4n) is 10.3. The zero-order valence-corrected chi connectivity index (χ0v) is 33.7. The molecule has 2 aromatic heterocycles. The summed E-state index contributed by atoms with van der Waals surface area (Å²) in [6.07, 6.45) is 0. The number of aromatic nitrogens is 2. The van der Waals surface area contributed by atoms with E-state index >= 15 is 0 Å². The van der Waals surface area contributed by atoms with E-state index in [-0.39, 0.29) is 0 Å². The van der Waals surface area contributed by atoms with Crippen LogP contribution < -0.4 is 9.80 Å². The normalized spacial score (nSPS) is 12.5. The Morgan fingerprint density at radius 1 is 0.242 bits per heavy atom. The van der Waals surface area contributed by atoms with Gasteiger partial charge in [0.1, 0.15) is 0 Å². The Morgan fingerprint density at radius 3 is 1.00 bits per heavy atom. The Kier molecular flexibility index (Phi) is 7.57. The van der Waals surface area contributed by atoms with E-state index in [0.717, 1.165) is 45.5 Å². The maximum atomic E-state index is 2.50. The number of rotatable bonds is 4. The van der Waals surface area contributed by atoms with Crippen LogP contribution in [0.15, 0.2) is 231 Å². The molecule has 0 N–H and O–H groups in total. The molecule has 4 heterocycles. The van der Waals surface area contributed by atoms with E-state index in [2.05, 4.69) is 249 Å². The van der Waals surface area contributed by atoms with Crippen molar-refractivity contribution in [1.29, 1.82) is 0 Å². The van der Waals surface area contributed by atoms with E-state index in [9.17, 15) is 0 Å². The van der Waals surface area contributed by atoms with E-state index < -0.39 is 0 Å². The molecule has 13 rings (SSSR count). The lowest BCUT2D eigenvalue weighted by atomic mass is 9.98. The molecule has 0 radical (unpaired) electrons. The number of hydrogen-bond acceptors (Lipinski definition) is 2. The molecule has 0 saturated carbocycles. The molecule has 0 amide bonds. The first-order chi connectivity index (χ1) is 30.8. The van der Waals surface area contributed by atoms with Crippen molar-refractivity contribution >= 4 is 55.9 Å². The van der Waals surface area contributed by atoms with Crippen LogP contribution in [-0.4, -0.2) is 9.13 Å². The Hall–Kier alpha value is -8.34. The monoisotopic (exact) mass is 790 g/mol. The molecule has 290 valence electrons. The average molecular weight is 791 g/mol. The van der Waals surface area contributed by atoms with Crippen LogP contribution in [0.25, 0.3) is 77.9 Å². The summed E-state index contributed by atoms with van der Waals surface area (Å²) in [7, 11) is 0. The Morgan fingerprint density at radius 2 is 0.565 bits per heavy atom. The fraction of sp³-hybridized carbons (Fsp3) is 0. The number of benzene rings is 9. The molecular formula is C58H38N4. The van der Waals surface area contributed by atoms with Gasteiger partial charge in [-0.05, 0) is 78.9 Å². The predicted molar refractivity (Wildman–Crippen MR) is 258 cm³/mol. The van der Waals surface area contributed by atoms with Crippen LogP contribution in [0.1, 0.15) is 0 Å². The van der Waals surface area contributed by atoms with Crippen molar-refractivity contribution in [2.75, 3.05) is 9.80 Å². The second-order valence-electron chi connectivity index (χ2n) is 16.1. The zero-order chi connectivity index (χ0) is 40.7. The van der Waals surface area contributed by atoms with Gasteiger partial charge in [-0.2, -0.15) is 0 Å². The third kappa shape index (κ3) is 4.95. The Bertz CT molecular complexity index is 3310. The molecule has 0 spiro atoms. The fourth-order valence-corrected chi connectivity index (χ4v) is 10.3. The second kappa shape index (κ2) is 13.6. The van der Waals surface area contributed by atoms with Crippen molar-refractivity contribution in [2.24, 2.45) is 0 Å². The highest BCUT2D eigenvalue weighted by Gasteiger charge is 2.33. The quantitative estimate of drug-likeness (QED) is 0.177. The van der Waals surface area contributed by atoms with Gasteiger partial charge < -0.3 is 18.9 Å². The largest absolute Gasteiger partial charge is 0.309 e. The summed E-state index contributed by atoms with van der Waals surface area (Å²) >= 11 is 0. The number of anilines is 6. The van der Waals surface area contributed by atoms with Crippen LogP contribution in [0.2, 0.25) is 0 Å². The van der Waals surface area contributed by atoms with Crippen molar-refractivity contribution in [3.05, 3.63) is 231 Å². The standard InChI is InChI=1S/C58H38N4/c1-3-20-39(21-4-1)59-49-32-13-7-26-43(49)55-45-28-9-15-34-51(45)61(57(55)47-30-11-17-36-53(47)59)41-24-19-25-42(38-41)62-52-35-16-10-29-46(52)56-44-27-8-14-33-50(44)60(40-22-5-2-6-23-40)54-37-18-12-31-48(54)58(56)62/h1-38H. The molecule has 2 aliphatic rings. The molecule has 0 fully saturated rings. The van der Waals surface area contributed by atoms with E-state index in [0.29, 0.717) is 0 Å². The van der Waals surface area contributed by atoms with Crippen LogP contribution in [0.5, 0.6) is 0 Å². The first kappa shape index (κ1) is 34.5. The first-order valence-corrected chi connectivity index (χ1v) is 21.3. The highest BCUT2D eigenvalue weighted by Crippen LogP contribution is 2.56. The molecule has 0 atom stereocenters. The molecule has 62 heavy (non-hydrogen) atoms. The summed E-state index contributed by atoms with van der Waals surface area (Å²) in [5.74, 6) is 0. The van der Waals surface area contributed by atoms with Crippen LogP contribution >= 0.6 is 0 Å². The molecule has 0 unspecified atom stereocenters. The molecule has 9 aromatic carbocycles. The van der Waals surface area contributed by atoms with Crippen LogP contribution in [-0.2, 0) is 0 Å². The van der Waals surface area contributed by atoms with Crippen molar-refractivity contribution < 1.29 is 0 Å². The summed E-state index contributed by atoms with van der Waals surface area (Å²) in [5.41, 5.74) is 21.0. The van der Waals surface area contributed by atoms with E-state index in [1.54, 1.807) is 0 Å². The van der Waals surface area contributed by atoms with Crippen LogP contribution in [0.4, 0.5) is 34.1 Å². The number of fused-ring (bicyclic) bond motifs is 14. The highest BCUT2D eigenvalue weighted by molar-refractivity contribution is 6.14. The van der Waals surface area contributed by atoms with E-state index in [4.69, 9.17) is 0 Å². The first-order valence-electron chi connectivity index (χ1n) is 21.3. The summed E-state index contributed by atoms with van der Waals surface area (Å²) < 4.78 is 5.01. The van der Waals surface area contributed by atoms with Crippen molar-refractivity contribution in [1.82, 2.24) is 9.13 Å². The Balaban J connectivity index is 1.11. The van der Waals surface area contributed by atoms with Crippen molar-refractivity contribution in [3.63, 3.8) is 0 Å². The molecule has 4 heteroatoms. The molecule has 0 saturated heterocycles. The lowest BCUT2D eigenvalue weighted by Crippen LogP contribution is -2.11. The van der Waals surface area contributed by atoms with E-state index in [1.165, 1.54) is 66.6 Å². The smallest absolute Gasteiger partial charge is 0.0641 e. The number of para-hydroxylation sites is 8. The molecular weight excluding hydrogens is 753 g/mol. The minimum atomic E-state index is 1.10. The van der Waals surface area contributed by atoms with Crippen LogP contribution in [0, 0.1) is 0 Å². The maximum Gasteiger partial charge on any atom is 0.0641 e. The average Bonchev–Trinajstić information content (AvgIpc) is 3.78.